The molecule has 0 N–H and O–H groups in total. The molecule has 0 saturated heterocycles. The molecule has 0 bridgehead atoms. The lowest BCUT2D eigenvalue weighted by Gasteiger charge is -2.07. The van der Waals surface area contributed by atoms with Crippen LogP contribution in [0.25, 0.3) is 11.1 Å². The summed E-state index contributed by atoms with van der Waals surface area (Å²) in [5.41, 5.74) is 4.21. The molecule has 0 aliphatic carbocycles. The van der Waals surface area contributed by atoms with E-state index in [1.165, 1.54) is 11.1 Å². The number of rotatable bonds is 5. The summed E-state index contributed by atoms with van der Waals surface area (Å²) in [4.78, 5) is 0. The fourth-order valence-corrected chi connectivity index (χ4v) is 3.06. The first-order chi connectivity index (χ1) is 13.6. The van der Waals surface area contributed by atoms with Crippen molar-refractivity contribution >= 4 is 0 Å². The number of hydrogen-bond acceptors (Lipinski definition) is 0. The van der Waals surface area contributed by atoms with E-state index in [2.05, 4.69) is 25.7 Å². The summed E-state index contributed by atoms with van der Waals surface area (Å²) in [6, 6.07) is 18.6. The van der Waals surface area contributed by atoms with Crippen molar-refractivity contribution < 1.29 is 8.78 Å². The number of aryl methyl sites for hydroxylation is 2. The molecule has 0 amide bonds. The molecule has 0 fully saturated rings. The second-order valence-corrected chi connectivity index (χ2v) is 6.89. The van der Waals surface area contributed by atoms with E-state index in [9.17, 15) is 8.78 Å². The van der Waals surface area contributed by atoms with E-state index in [0.717, 1.165) is 31.2 Å². The Morgan fingerprint density at radius 2 is 1.39 bits per heavy atom. The van der Waals surface area contributed by atoms with E-state index in [1.54, 1.807) is 12.1 Å². The standard InChI is InChI=1S/C26H24F2/c1-3-5-6-20-11-14-22(15-12-20)24-18-17-23(25(27)26(24)28)16-13-21-9-7-19(4-2)8-10-21/h7-12,14-15,17-18H,3-6H2,1-2H3. The fraction of sp³-hybridized carbons (Fsp3) is 0.231. The van der Waals surface area contributed by atoms with Crippen LogP contribution in [0.1, 0.15) is 48.9 Å². The molecule has 0 saturated carbocycles. The molecule has 3 rings (SSSR count). The van der Waals surface area contributed by atoms with E-state index < -0.39 is 11.6 Å². The fourth-order valence-electron chi connectivity index (χ4n) is 3.06. The van der Waals surface area contributed by atoms with E-state index >= 15 is 0 Å². The number of unbranched alkanes of at least 4 members (excludes halogenated alkanes) is 1. The van der Waals surface area contributed by atoms with Crippen LogP contribution in [0.3, 0.4) is 0 Å². The van der Waals surface area contributed by atoms with Gasteiger partial charge in [0.2, 0.25) is 0 Å². The molecule has 3 aromatic rings. The van der Waals surface area contributed by atoms with E-state index in [-0.39, 0.29) is 11.1 Å². The van der Waals surface area contributed by atoms with Crippen molar-refractivity contribution in [3.63, 3.8) is 0 Å². The van der Waals surface area contributed by atoms with Gasteiger partial charge in [0.05, 0.1) is 5.56 Å². The van der Waals surface area contributed by atoms with Crippen LogP contribution in [0.4, 0.5) is 8.78 Å². The lowest BCUT2D eigenvalue weighted by atomic mass is 9.99. The predicted octanol–water partition coefficient (Wildman–Crippen LogP) is 6.94. The maximum atomic E-state index is 14.6. The van der Waals surface area contributed by atoms with Crippen LogP contribution in [-0.2, 0) is 12.8 Å². The normalized spacial score (nSPS) is 10.4. The zero-order valence-electron chi connectivity index (χ0n) is 16.4. The highest BCUT2D eigenvalue weighted by atomic mass is 19.2. The van der Waals surface area contributed by atoms with Gasteiger partial charge in [-0.1, -0.05) is 68.5 Å². The third-order valence-corrected chi connectivity index (χ3v) is 4.87. The molecule has 0 aliphatic heterocycles. The third kappa shape index (κ3) is 4.67. The quantitative estimate of drug-likeness (QED) is 0.425. The Kier molecular flexibility index (Phi) is 6.61. The number of benzene rings is 3. The van der Waals surface area contributed by atoms with Crippen molar-refractivity contribution in [2.24, 2.45) is 0 Å². The smallest absolute Gasteiger partial charge is 0.175 e. The SMILES string of the molecule is CCCCc1ccc(-c2ccc(C#Cc3ccc(CC)cc3)c(F)c2F)cc1. The number of halogens is 2. The first-order valence-corrected chi connectivity index (χ1v) is 9.80. The zero-order valence-corrected chi connectivity index (χ0v) is 16.4. The Bertz CT molecular complexity index is 988. The highest BCUT2D eigenvalue weighted by molar-refractivity contribution is 5.66. The summed E-state index contributed by atoms with van der Waals surface area (Å²) in [6.45, 7) is 4.23. The van der Waals surface area contributed by atoms with Gasteiger partial charge in [0.1, 0.15) is 0 Å². The van der Waals surface area contributed by atoms with E-state index in [0.29, 0.717) is 5.56 Å². The molecule has 0 aliphatic rings. The molecule has 0 radical (unpaired) electrons. The van der Waals surface area contributed by atoms with Crippen LogP contribution < -0.4 is 0 Å². The average molecular weight is 374 g/mol. The Morgan fingerprint density at radius 3 is 2.04 bits per heavy atom. The lowest BCUT2D eigenvalue weighted by Crippen LogP contribution is -1.94. The summed E-state index contributed by atoms with van der Waals surface area (Å²) < 4.78 is 29.2. The van der Waals surface area contributed by atoms with Crippen LogP contribution in [0.15, 0.2) is 60.7 Å². The molecule has 142 valence electrons. The Balaban J connectivity index is 1.84. The maximum Gasteiger partial charge on any atom is 0.175 e. The van der Waals surface area contributed by atoms with Gasteiger partial charge < -0.3 is 0 Å². The second-order valence-electron chi connectivity index (χ2n) is 6.89. The highest BCUT2D eigenvalue weighted by Crippen LogP contribution is 2.27. The summed E-state index contributed by atoms with van der Waals surface area (Å²) in [6.07, 6.45) is 4.21. The minimum Gasteiger partial charge on any atom is -0.203 e. The van der Waals surface area contributed by atoms with Gasteiger partial charge in [-0.2, -0.15) is 0 Å². The van der Waals surface area contributed by atoms with Gasteiger partial charge in [0.15, 0.2) is 11.6 Å². The van der Waals surface area contributed by atoms with Gasteiger partial charge in [-0.3, -0.25) is 0 Å². The molecule has 2 heteroatoms. The summed E-state index contributed by atoms with van der Waals surface area (Å²) in [5.74, 6) is 3.91. The van der Waals surface area contributed by atoms with E-state index in [4.69, 9.17) is 0 Å². The van der Waals surface area contributed by atoms with Crippen LogP contribution in [0.2, 0.25) is 0 Å². The molecule has 0 nitrogen and oxygen atoms in total. The molecule has 28 heavy (non-hydrogen) atoms. The van der Waals surface area contributed by atoms with Crippen LogP contribution >= 0.6 is 0 Å². The Morgan fingerprint density at radius 1 is 0.714 bits per heavy atom. The van der Waals surface area contributed by atoms with Crippen molar-refractivity contribution in [3.05, 3.63) is 94.6 Å². The summed E-state index contributed by atoms with van der Waals surface area (Å²) in [7, 11) is 0. The first-order valence-electron chi connectivity index (χ1n) is 9.80. The van der Waals surface area contributed by atoms with Crippen molar-refractivity contribution in [3.8, 4) is 23.0 Å². The largest absolute Gasteiger partial charge is 0.203 e. The molecule has 0 spiro atoms. The third-order valence-electron chi connectivity index (χ3n) is 4.87. The molecular formula is C26H24F2. The monoisotopic (exact) mass is 374 g/mol. The minimum atomic E-state index is -0.898. The number of hydrogen-bond donors (Lipinski definition) is 0. The molecule has 0 aromatic heterocycles. The minimum absolute atomic E-state index is 0.0698. The molecule has 3 aromatic carbocycles. The molecule has 0 unspecified atom stereocenters. The van der Waals surface area contributed by atoms with E-state index in [1.807, 2.05) is 48.5 Å². The Labute approximate surface area is 166 Å². The first kappa shape index (κ1) is 19.8. The molecule has 0 heterocycles. The topological polar surface area (TPSA) is 0 Å². The van der Waals surface area contributed by atoms with Crippen molar-refractivity contribution in [1.82, 2.24) is 0 Å². The van der Waals surface area contributed by atoms with Crippen molar-refractivity contribution in [2.45, 2.75) is 39.5 Å². The second kappa shape index (κ2) is 9.33. The average Bonchev–Trinajstić information content (AvgIpc) is 2.74. The van der Waals surface area contributed by atoms with Gasteiger partial charge in [0, 0.05) is 11.1 Å². The molecular weight excluding hydrogens is 350 g/mol. The molecule has 0 atom stereocenters. The van der Waals surface area contributed by atoms with Crippen molar-refractivity contribution in [2.75, 3.05) is 0 Å². The van der Waals surface area contributed by atoms with Gasteiger partial charge in [0.25, 0.3) is 0 Å². The summed E-state index contributed by atoms with van der Waals surface area (Å²) in [5, 5.41) is 0. The zero-order chi connectivity index (χ0) is 19.9. The van der Waals surface area contributed by atoms with Gasteiger partial charge in [-0.15, -0.1) is 0 Å². The highest BCUT2D eigenvalue weighted by Gasteiger charge is 2.13. The van der Waals surface area contributed by atoms with Crippen LogP contribution in [-0.4, -0.2) is 0 Å². The van der Waals surface area contributed by atoms with Gasteiger partial charge >= 0.3 is 0 Å². The van der Waals surface area contributed by atoms with Gasteiger partial charge in [-0.25, -0.2) is 8.78 Å². The summed E-state index contributed by atoms with van der Waals surface area (Å²) >= 11 is 0. The predicted molar refractivity (Wildman–Crippen MR) is 112 cm³/mol. The van der Waals surface area contributed by atoms with Crippen molar-refractivity contribution in [1.29, 1.82) is 0 Å². The van der Waals surface area contributed by atoms with Gasteiger partial charge in [-0.05, 0) is 60.2 Å². The lowest BCUT2D eigenvalue weighted by molar-refractivity contribution is 0.509. The van der Waals surface area contributed by atoms with Crippen LogP contribution in [0.5, 0.6) is 0 Å². The van der Waals surface area contributed by atoms with Crippen LogP contribution in [0, 0.1) is 23.5 Å². The Hall–Kier alpha value is -2.92. The maximum absolute atomic E-state index is 14.6.